The van der Waals surface area contributed by atoms with Crippen LogP contribution in [0.4, 0.5) is 11.4 Å². The average molecular weight is 476 g/mol. The van der Waals surface area contributed by atoms with Gasteiger partial charge in [0, 0.05) is 22.2 Å². The van der Waals surface area contributed by atoms with Crippen LogP contribution in [0.5, 0.6) is 5.75 Å². The summed E-state index contributed by atoms with van der Waals surface area (Å²) in [7, 11) is 0. The van der Waals surface area contributed by atoms with Crippen molar-refractivity contribution in [2.75, 3.05) is 5.43 Å². The topological polar surface area (TPSA) is 76.8 Å². The van der Waals surface area contributed by atoms with E-state index in [1.807, 2.05) is 30.3 Å². The number of nitrogens with one attached hydrogen (secondary N) is 1. The number of ether oxygens (including phenoxy) is 1. The van der Waals surface area contributed by atoms with E-state index in [-0.39, 0.29) is 5.69 Å². The van der Waals surface area contributed by atoms with Gasteiger partial charge < -0.3 is 4.74 Å². The fourth-order valence-corrected chi connectivity index (χ4v) is 3.45. The van der Waals surface area contributed by atoms with Crippen molar-refractivity contribution >= 4 is 44.3 Å². The highest BCUT2D eigenvalue weighted by Gasteiger charge is 2.06. The van der Waals surface area contributed by atoms with E-state index in [0.29, 0.717) is 18.0 Å². The molecular weight excluding hydrogens is 458 g/mol. The Morgan fingerprint density at radius 2 is 1.74 bits per heavy atom. The number of nitro groups is 1. The molecule has 0 aliphatic carbocycles. The minimum Gasteiger partial charge on any atom is -0.488 e. The molecule has 0 bridgehead atoms. The molecule has 0 saturated heterocycles. The maximum atomic E-state index is 10.7. The van der Waals surface area contributed by atoms with Crippen molar-refractivity contribution in [3.05, 3.63) is 111 Å². The number of hydrogen-bond donors (Lipinski definition) is 1. The van der Waals surface area contributed by atoms with E-state index in [1.165, 1.54) is 22.9 Å². The summed E-state index contributed by atoms with van der Waals surface area (Å²) in [5.41, 5.74) is 5.43. The second-order valence-corrected chi connectivity index (χ2v) is 7.74. The Bertz CT molecular complexity index is 1260. The number of fused-ring (bicyclic) bond motifs is 1. The van der Waals surface area contributed by atoms with Gasteiger partial charge in [-0.2, -0.15) is 5.10 Å². The SMILES string of the molecule is O=[N+]([O-])c1ccc(N/N=C/c2cc(Br)ccc2OCc2ccc3ccccc3c2)cc1. The van der Waals surface area contributed by atoms with Crippen LogP contribution in [-0.4, -0.2) is 11.1 Å². The first-order valence-electron chi connectivity index (χ1n) is 9.52. The molecule has 0 saturated carbocycles. The maximum Gasteiger partial charge on any atom is 0.269 e. The molecule has 0 fully saturated rings. The first-order valence-corrected chi connectivity index (χ1v) is 10.3. The van der Waals surface area contributed by atoms with Crippen molar-refractivity contribution in [3.8, 4) is 5.75 Å². The molecule has 0 aliphatic heterocycles. The molecule has 0 aromatic heterocycles. The molecule has 0 heterocycles. The molecular formula is C24H18BrN3O3. The van der Waals surface area contributed by atoms with Crippen LogP contribution >= 0.6 is 15.9 Å². The Kier molecular flexibility index (Phi) is 6.24. The van der Waals surface area contributed by atoms with Crippen LogP contribution in [-0.2, 0) is 6.61 Å². The second kappa shape index (κ2) is 9.40. The molecule has 0 radical (unpaired) electrons. The van der Waals surface area contributed by atoms with Crippen LogP contribution in [0, 0.1) is 10.1 Å². The van der Waals surface area contributed by atoms with E-state index >= 15 is 0 Å². The number of non-ortho nitro benzene ring substituents is 1. The van der Waals surface area contributed by atoms with Gasteiger partial charge in [-0.1, -0.05) is 52.3 Å². The Hall–Kier alpha value is -3.71. The van der Waals surface area contributed by atoms with Gasteiger partial charge >= 0.3 is 0 Å². The van der Waals surface area contributed by atoms with Gasteiger partial charge in [0.25, 0.3) is 5.69 Å². The average Bonchev–Trinajstić information content (AvgIpc) is 2.79. The van der Waals surface area contributed by atoms with Crippen LogP contribution in [0.3, 0.4) is 0 Å². The van der Waals surface area contributed by atoms with Crippen molar-refractivity contribution < 1.29 is 9.66 Å². The maximum absolute atomic E-state index is 10.7. The summed E-state index contributed by atoms with van der Waals surface area (Å²) in [5.74, 6) is 0.700. The Labute approximate surface area is 187 Å². The number of nitrogens with zero attached hydrogens (tertiary/aromatic N) is 2. The van der Waals surface area contributed by atoms with Crippen molar-refractivity contribution in [2.45, 2.75) is 6.61 Å². The summed E-state index contributed by atoms with van der Waals surface area (Å²) < 4.78 is 6.96. The fourth-order valence-electron chi connectivity index (χ4n) is 3.08. The summed E-state index contributed by atoms with van der Waals surface area (Å²) >= 11 is 3.48. The minimum absolute atomic E-state index is 0.0332. The first-order chi connectivity index (χ1) is 15.1. The summed E-state index contributed by atoms with van der Waals surface area (Å²) in [6, 6.07) is 26.3. The van der Waals surface area contributed by atoms with Gasteiger partial charge in [-0.3, -0.25) is 15.5 Å². The van der Waals surface area contributed by atoms with Crippen LogP contribution in [0.15, 0.2) is 94.5 Å². The third kappa shape index (κ3) is 5.26. The molecule has 0 aliphatic rings. The van der Waals surface area contributed by atoms with Crippen molar-refractivity contribution in [1.29, 1.82) is 0 Å². The third-order valence-corrected chi connectivity index (χ3v) is 5.15. The molecule has 4 aromatic rings. The van der Waals surface area contributed by atoms with Gasteiger partial charge in [-0.05, 0) is 52.7 Å². The van der Waals surface area contributed by atoms with Crippen molar-refractivity contribution in [1.82, 2.24) is 0 Å². The van der Waals surface area contributed by atoms with Crippen LogP contribution in [0.25, 0.3) is 10.8 Å². The third-order valence-electron chi connectivity index (χ3n) is 4.66. The van der Waals surface area contributed by atoms with Crippen LogP contribution in [0.1, 0.15) is 11.1 Å². The van der Waals surface area contributed by atoms with Crippen molar-refractivity contribution in [3.63, 3.8) is 0 Å². The molecule has 4 aromatic carbocycles. The minimum atomic E-state index is -0.437. The Morgan fingerprint density at radius 1 is 0.968 bits per heavy atom. The molecule has 31 heavy (non-hydrogen) atoms. The predicted molar refractivity (Wildman–Crippen MR) is 127 cm³/mol. The van der Waals surface area contributed by atoms with Crippen molar-refractivity contribution in [2.24, 2.45) is 5.10 Å². The number of halogens is 1. The fraction of sp³-hybridized carbons (Fsp3) is 0.0417. The molecule has 1 N–H and O–H groups in total. The molecule has 0 amide bonds. The number of benzene rings is 4. The highest BCUT2D eigenvalue weighted by Crippen LogP contribution is 2.24. The zero-order valence-electron chi connectivity index (χ0n) is 16.4. The van der Waals surface area contributed by atoms with Gasteiger partial charge in [-0.25, -0.2) is 0 Å². The monoisotopic (exact) mass is 475 g/mol. The van der Waals surface area contributed by atoms with E-state index < -0.39 is 4.92 Å². The standard InChI is InChI=1S/C24H18BrN3O3/c25-21-7-12-24(31-16-17-5-6-18-3-1-2-4-19(18)13-17)20(14-21)15-26-27-22-8-10-23(11-9-22)28(29)30/h1-15,27H,16H2/b26-15+. The molecule has 0 unspecified atom stereocenters. The largest absolute Gasteiger partial charge is 0.488 e. The lowest BCUT2D eigenvalue weighted by molar-refractivity contribution is -0.384. The second-order valence-electron chi connectivity index (χ2n) is 6.83. The highest BCUT2D eigenvalue weighted by molar-refractivity contribution is 9.10. The van der Waals surface area contributed by atoms with E-state index in [0.717, 1.165) is 15.6 Å². The smallest absolute Gasteiger partial charge is 0.269 e. The van der Waals surface area contributed by atoms with Gasteiger partial charge in [0.15, 0.2) is 0 Å². The van der Waals surface area contributed by atoms with Crippen LogP contribution in [0.2, 0.25) is 0 Å². The lowest BCUT2D eigenvalue weighted by atomic mass is 10.1. The highest BCUT2D eigenvalue weighted by atomic mass is 79.9. The van der Waals surface area contributed by atoms with E-state index in [9.17, 15) is 10.1 Å². The number of anilines is 1. The van der Waals surface area contributed by atoms with E-state index in [4.69, 9.17) is 4.74 Å². The normalized spacial score (nSPS) is 11.0. The van der Waals surface area contributed by atoms with E-state index in [2.05, 4.69) is 56.8 Å². The number of nitro benzene ring substituents is 1. The summed E-state index contributed by atoms with van der Waals surface area (Å²) in [4.78, 5) is 10.3. The molecule has 154 valence electrons. The number of hydrogen-bond acceptors (Lipinski definition) is 5. The van der Waals surface area contributed by atoms with Gasteiger partial charge in [-0.15, -0.1) is 0 Å². The zero-order chi connectivity index (χ0) is 21.6. The Balaban J connectivity index is 1.46. The summed E-state index contributed by atoms with van der Waals surface area (Å²) in [6.07, 6.45) is 1.65. The first kappa shape index (κ1) is 20.6. The molecule has 4 rings (SSSR count). The lowest BCUT2D eigenvalue weighted by Gasteiger charge is -2.10. The summed E-state index contributed by atoms with van der Waals surface area (Å²) in [5, 5.41) is 17.4. The van der Waals surface area contributed by atoms with Gasteiger partial charge in [0.1, 0.15) is 12.4 Å². The number of rotatable bonds is 7. The van der Waals surface area contributed by atoms with E-state index in [1.54, 1.807) is 18.3 Å². The molecule has 0 atom stereocenters. The van der Waals surface area contributed by atoms with Gasteiger partial charge in [0.2, 0.25) is 0 Å². The quantitative estimate of drug-likeness (QED) is 0.187. The Morgan fingerprint density at radius 3 is 2.52 bits per heavy atom. The van der Waals surface area contributed by atoms with Crippen LogP contribution < -0.4 is 10.2 Å². The predicted octanol–water partition coefficient (Wildman–Crippen LogP) is 6.54. The molecule has 7 heteroatoms. The molecule has 0 spiro atoms. The summed E-state index contributed by atoms with van der Waals surface area (Å²) in [6.45, 7) is 0.434. The number of hydrazone groups is 1. The molecule has 6 nitrogen and oxygen atoms in total. The van der Waals surface area contributed by atoms with Gasteiger partial charge in [0.05, 0.1) is 16.8 Å². The zero-order valence-corrected chi connectivity index (χ0v) is 18.0. The lowest BCUT2D eigenvalue weighted by Crippen LogP contribution is -1.99.